The molecule has 1 aromatic rings. The lowest BCUT2D eigenvalue weighted by Crippen LogP contribution is -2.35. The number of carbonyl (C=O) groups excluding carboxylic acids is 1. The van der Waals surface area contributed by atoms with Crippen molar-refractivity contribution in [3.63, 3.8) is 0 Å². The van der Waals surface area contributed by atoms with E-state index in [2.05, 4.69) is 28.1 Å². The molecule has 0 spiro atoms. The molecule has 0 aromatic heterocycles. The van der Waals surface area contributed by atoms with E-state index in [-0.39, 0.29) is 5.81 Å². The highest BCUT2D eigenvalue weighted by molar-refractivity contribution is 9.15. The highest BCUT2D eigenvalue weighted by Crippen LogP contribution is 2.30. The zero-order chi connectivity index (χ0) is 12.3. The molecular weight excluding hydrogens is 277 g/mol. The molecule has 1 aliphatic heterocycles. The predicted octanol–water partition coefficient (Wildman–Crippen LogP) is 3.18. The molecule has 1 heterocycles. The molecule has 17 heavy (non-hydrogen) atoms. The summed E-state index contributed by atoms with van der Waals surface area (Å²) in [5, 5.41) is 0. The van der Waals surface area contributed by atoms with E-state index in [0.717, 1.165) is 17.3 Å². The second-order valence-corrected chi connectivity index (χ2v) is 4.90. The Balaban J connectivity index is 2.11. The lowest BCUT2D eigenvalue weighted by atomic mass is 9.98. The quantitative estimate of drug-likeness (QED) is 0.727. The number of amides is 1. The van der Waals surface area contributed by atoms with Crippen LogP contribution in [0.15, 0.2) is 35.9 Å². The molecule has 0 N–H and O–H groups in total. The Bertz CT molecular complexity index is 434. The molecule has 2 nitrogen and oxygen atoms in total. The zero-order valence-corrected chi connectivity index (χ0v) is 11.1. The van der Waals surface area contributed by atoms with Crippen LogP contribution < -0.4 is 0 Å². The number of halogens is 1. The van der Waals surface area contributed by atoms with Crippen LogP contribution in [0.25, 0.3) is 4.48 Å². The molecule has 1 amide bonds. The van der Waals surface area contributed by atoms with E-state index in [1.165, 1.54) is 11.1 Å². The maximum absolute atomic E-state index is 11.0. The maximum atomic E-state index is 11.0. The van der Waals surface area contributed by atoms with Crippen molar-refractivity contribution >= 4 is 34.1 Å². The van der Waals surface area contributed by atoms with E-state index in [1.54, 1.807) is 4.90 Å². The van der Waals surface area contributed by atoms with Crippen LogP contribution in [0.1, 0.15) is 18.4 Å². The van der Waals surface area contributed by atoms with Crippen LogP contribution in [0.5, 0.6) is 0 Å². The summed E-state index contributed by atoms with van der Waals surface area (Å²) in [5.74, 6) is -0.320. The lowest BCUT2D eigenvalue weighted by molar-refractivity contribution is 0.217. The summed E-state index contributed by atoms with van der Waals surface area (Å²) >= 11 is 3.65. The fraction of sp³-hybridized carbons (Fsp3) is 0.308. The van der Waals surface area contributed by atoms with Crippen molar-refractivity contribution in [3.8, 4) is 0 Å². The van der Waals surface area contributed by atoms with E-state index in [9.17, 15) is 4.79 Å². The summed E-state index contributed by atoms with van der Waals surface area (Å²) < 4.78 is 1.15. The first-order valence-electron chi connectivity index (χ1n) is 5.66. The number of benzene rings is 1. The van der Waals surface area contributed by atoms with Crippen molar-refractivity contribution in [1.82, 2.24) is 4.90 Å². The predicted molar refractivity (Wildman–Crippen MR) is 74.2 cm³/mol. The van der Waals surface area contributed by atoms with E-state index in [0.29, 0.717) is 13.1 Å². The van der Waals surface area contributed by atoms with Crippen molar-refractivity contribution in [2.24, 2.45) is 0 Å². The third-order valence-corrected chi connectivity index (χ3v) is 4.03. The molecule has 1 aromatic carbocycles. The molecule has 1 fully saturated rings. The molecule has 2 rings (SSSR count). The van der Waals surface area contributed by atoms with Gasteiger partial charge in [-0.25, -0.2) is 0 Å². The van der Waals surface area contributed by atoms with Crippen molar-refractivity contribution in [2.75, 3.05) is 13.1 Å². The first kappa shape index (κ1) is 12.4. The van der Waals surface area contributed by atoms with Gasteiger partial charge in [0, 0.05) is 17.6 Å². The van der Waals surface area contributed by atoms with Crippen molar-refractivity contribution in [1.29, 1.82) is 0 Å². The Labute approximate surface area is 111 Å². The summed E-state index contributed by atoms with van der Waals surface area (Å²) in [4.78, 5) is 12.7. The van der Waals surface area contributed by atoms with Crippen molar-refractivity contribution in [3.05, 3.63) is 41.5 Å². The minimum Gasteiger partial charge on any atom is -0.352 e. The third-order valence-electron chi connectivity index (χ3n) is 3.02. The zero-order valence-electron chi connectivity index (χ0n) is 9.53. The summed E-state index contributed by atoms with van der Waals surface area (Å²) in [5.41, 5.74) is 2.55. The van der Waals surface area contributed by atoms with Gasteiger partial charge in [-0.15, -0.1) is 0 Å². The average molecular weight is 290 g/mol. The topological polar surface area (TPSA) is 20.3 Å². The highest BCUT2D eigenvalue weighted by atomic mass is 79.9. The number of nitrogens with zero attached hydrogens (tertiary/aromatic N) is 1. The smallest absolute Gasteiger partial charge is 0.200 e. The summed E-state index contributed by atoms with van der Waals surface area (Å²) in [6.45, 7) is 1.43. The lowest BCUT2D eigenvalue weighted by Gasteiger charge is -2.28. The van der Waals surface area contributed by atoms with Crippen LogP contribution in [0.2, 0.25) is 0 Å². The number of piperidine rings is 1. The standard InChI is InChI=1S/C13H13BBrNO/c14-13(17)16-8-6-11(7-9-16)12(15)10-4-2-1-3-5-10/h1-5H,6-9H2. The minimum absolute atomic E-state index is 0.320. The minimum atomic E-state index is -0.320. The van der Waals surface area contributed by atoms with E-state index in [1.807, 2.05) is 18.2 Å². The second-order valence-electron chi connectivity index (χ2n) is 4.11. The first-order chi connectivity index (χ1) is 8.18. The summed E-state index contributed by atoms with van der Waals surface area (Å²) in [6, 6.07) is 10.2. The van der Waals surface area contributed by atoms with E-state index in [4.69, 9.17) is 7.85 Å². The van der Waals surface area contributed by atoms with Crippen LogP contribution in [0.3, 0.4) is 0 Å². The molecular formula is C13H13BBrNO. The molecule has 0 aliphatic carbocycles. The molecule has 2 radical (unpaired) electrons. The molecule has 1 saturated heterocycles. The number of hydrogen-bond donors (Lipinski definition) is 0. The van der Waals surface area contributed by atoms with Gasteiger partial charge < -0.3 is 4.90 Å². The Morgan fingerprint density at radius 2 is 1.76 bits per heavy atom. The average Bonchev–Trinajstić information content (AvgIpc) is 2.39. The first-order valence-corrected chi connectivity index (χ1v) is 6.45. The Hall–Kier alpha value is -1.03. The SMILES string of the molecule is [B]C(=O)N1CCC(=C(Br)c2ccccc2)CC1. The molecule has 0 bridgehead atoms. The van der Waals surface area contributed by atoms with Crippen LogP contribution >= 0.6 is 15.9 Å². The van der Waals surface area contributed by atoms with Crippen LogP contribution in [-0.4, -0.2) is 31.6 Å². The maximum Gasteiger partial charge on any atom is 0.200 e. The normalized spacial score (nSPS) is 15.8. The third kappa shape index (κ3) is 3.00. The molecule has 0 unspecified atom stereocenters. The van der Waals surface area contributed by atoms with Gasteiger partial charge in [0.25, 0.3) is 0 Å². The second kappa shape index (κ2) is 5.54. The van der Waals surface area contributed by atoms with Gasteiger partial charge in [-0.05, 0) is 18.4 Å². The number of carbonyl (C=O) groups is 1. The fourth-order valence-corrected chi connectivity index (χ4v) is 2.67. The van der Waals surface area contributed by atoms with Gasteiger partial charge in [-0.3, -0.25) is 4.79 Å². The summed E-state index contributed by atoms with van der Waals surface area (Å²) in [6.07, 6.45) is 1.77. The molecule has 0 saturated carbocycles. The van der Waals surface area contributed by atoms with Crippen LogP contribution in [0.4, 0.5) is 4.79 Å². The van der Waals surface area contributed by atoms with Gasteiger partial charge in [0.2, 0.25) is 7.85 Å². The number of rotatable bonds is 1. The summed E-state index contributed by atoms with van der Waals surface area (Å²) in [7, 11) is 5.26. The fourth-order valence-electron chi connectivity index (χ4n) is 2.01. The van der Waals surface area contributed by atoms with Crippen LogP contribution in [-0.2, 0) is 0 Å². The van der Waals surface area contributed by atoms with E-state index < -0.39 is 0 Å². The van der Waals surface area contributed by atoms with Gasteiger partial charge in [-0.2, -0.15) is 0 Å². The molecule has 0 atom stereocenters. The number of hydrogen-bond acceptors (Lipinski definition) is 1. The van der Waals surface area contributed by atoms with E-state index >= 15 is 0 Å². The number of likely N-dealkylation sites (tertiary alicyclic amines) is 1. The van der Waals surface area contributed by atoms with Crippen LogP contribution in [0, 0.1) is 0 Å². The van der Waals surface area contributed by atoms with Crippen molar-refractivity contribution < 1.29 is 4.79 Å². The molecule has 4 heteroatoms. The largest absolute Gasteiger partial charge is 0.352 e. The highest BCUT2D eigenvalue weighted by Gasteiger charge is 2.17. The molecule has 86 valence electrons. The van der Waals surface area contributed by atoms with Gasteiger partial charge in [-0.1, -0.05) is 51.8 Å². The van der Waals surface area contributed by atoms with Gasteiger partial charge >= 0.3 is 0 Å². The Kier molecular flexibility index (Phi) is 4.05. The molecule has 1 aliphatic rings. The van der Waals surface area contributed by atoms with Crippen molar-refractivity contribution in [2.45, 2.75) is 12.8 Å². The Morgan fingerprint density at radius 1 is 1.18 bits per heavy atom. The van der Waals surface area contributed by atoms with Gasteiger partial charge in [0.15, 0.2) is 5.81 Å². The Morgan fingerprint density at radius 3 is 2.29 bits per heavy atom. The van der Waals surface area contributed by atoms with Gasteiger partial charge in [0.05, 0.1) is 0 Å². The van der Waals surface area contributed by atoms with Gasteiger partial charge in [0.1, 0.15) is 0 Å². The monoisotopic (exact) mass is 289 g/mol.